The molecule has 4 rings (SSSR count). The maximum Gasteiger partial charge on any atom is 0.273 e. The van der Waals surface area contributed by atoms with E-state index < -0.39 is 5.91 Å². The Labute approximate surface area is 188 Å². The summed E-state index contributed by atoms with van der Waals surface area (Å²) >= 11 is 1.12. The van der Waals surface area contributed by atoms with Crippen molar-refractivity contribution < 1.29 is 14.3 Å². The van der Waals surface area contributed by atoms with Gasteiger partial charge in [-0.25, -0.2) is 0 Å². The second-order valence-corrected chi connectivity index (χ2v) is 8.06. The van der Waals surface area contributed by atoms with Crippen molar-refractivity contribution in [2.45, 2.75) is 0 Å². The number of aromatic nitrogens is 1. The van der Waals surface area contributed by atoms with Crippen molar-refractivity contribution in [3.8, 4) is 17.5 Å². The quantitative estimate of drug-likeness (QED) is 0.602. The average molecular weight is 448 g/mol. The van der Waals surface area contributed by atoms with Crippen LogP contribution in [-0.2, 0) is 9.53 Å². The maximum absolute atomic E-state index is 13.4. The molecule has 1 aliphatic heterocycles. The smallest absolute Gasteiger partial charge is 0.273 e. The summed E-state index contributed by atoms with van der Waals surface area (Å²) in [6.07, 6.45) is 1.73. The Bertz CT molecular complexity index is 1350. The minimum atomic E-state index is -0.398. The number of hydrogen-bond acceptors (Lipinski definition) is 6. The van der Waals surface area contributed by atoms with E-state index in [1.807, 2.05) is 48.5 Å². The van der Waals surface area contributed by atoms with Gasteiger partial charge in [0.2, 0.25) is 0 Å². The summed E-state index contributed by atoms with van der Waals surface area (Å²) in [7, 11) is 1.57. The van der Waals surface area contributed by atoms with E-state index in [9.17, 15) is 14.9 Å². The molecule has 1 saturated heterocycles. The molecule has 162 valence electrons. The number of nitriles is 1. The van der Waals surface area contributed by atoms with Gasteiger partial charge in [0.05, 0.1) is 30.5 Å². The van der Waals surface area contributed by atoms with Crippen molar-refractivity contribution in [3.63, 3.8) is 0 Å². The van der Waals surface area contributed by atoms with Crippen LogP contribution in [0, 0.1) is 11.3 Å². The number of nitrogens with zero attached hydrogens (tertiary/aromatic N) is 3. The molecule has 0 aliphatic carbocycles. The van der Waals surface area contributed by atoms with Gasteiger partial charge in [-0.3, -0.25) is 14.2 Å². The molecule has 0 bridgehead atoms. The zero-order valence-corrected chi connectivity index (χ0v) is 18.3. The summed E-state index contributed by atoms with van der Waals surface area (Å²) < 4.78 is 12.9. The highest BCUT2D eigenvalue weighted by atomic mass is 32.1. The van der Waals surface area contributed by atoms with E-state index >= 15 is 0 Å². The van der Waals surface area contributed by atoms with Gasteiger partial charge in [-0.05, 0) is 24.3 Å². The van der Waals surface area contributed by atoms with Gasteiger partial charge in [0.25, 0.3) is 11.5 Å². The van der Waals surface area contributed by atoms with E-state index in [1.54, 1.807) is 30.2 Å². The lowest BCUT2D eigenvalue weighted by Gasteiger charge is -2.26. The summed E-state index contributed by atoms with van der Waals surface area (Å²) in [5.41, 5.74) is 0.964. The monoisotopic (exact) mass is 447 g/mol. The van der Waals surface area contributed by atoms with Crippen LogP contribution in [0.15, 0.2) is 59.4 Å². The first-order chi connectivity index (χ1) is 15.6. The molecule has 1 amide bonds. The fourth-order valence-corrected chi connectivity index (χ4v) is 4.59. The lowest BCUT2D eigenvalue weighted by Crippen LogP contribution is -2.42. The van der Waals surface area contributed by atoms with Gasteiger partial charge in [0, 0.05) is 18.7 Å². The van der Waals surface area contributed by atoms with Crippen molar-refractivity contribution in [3.05, 3.63) is 79.7 Å². The zero-order valence-electron chi connectivity index (χ0n) is 17.5. The number of para-hydroxylation sites is 2. The molecule has 2 aromatic carbocycles. The van der Waals surface area contributed by atoms with Crippen molar-refractivity contribution in [2.24, 2.45) is 0 Å². The molecule has 8 heteroatoms. The maximum atomic E-state index is 13.4. The fraction of sp³-hybridized carbons (Fsp3) is 0.208. The molecule has 0 atom stereocenters. The highest BCUT2D eigenvalue weighted by Crippen LogP contribution is 2.17. The summed E-state index contributed by atoms with van der Waals surface area (Å²) in [6, 6.07) is 18.4. The van der Waals surface area contributed by atoms with Crippen molar-refractivity contribution >= 4 is 28.9 Å². The van der Waals surface area contributed by atoms with E-state index in [1.165, 1.54) is 4.57 Å². The summed E-state index contributed by atoms with van der Waals surface area (Å²) in [6.45, 7) is 1.66. The first-order valence-corrected chi connectivity index (χ1v) is 10.9. The minimum absolute atomic E-state index is 0.0578. The number of rotatable bonds is 4. The van der Waals surface area contributed by atoms with E-state index in [0.717, 1.165) is 16.9 Å². The second kappa shape index (κ2) is 9.64. The molecule has 0 spiro atoms. The Balaban J connectivity index is 2.00. The molecule has 1 aliphatic rings. The number of methoxy groups -OCH3 is 1. The van der Waals surface area contributed by atoms with Gasteiger partial charge in [0.1, 0.15) is 16.5 Å². The molecule has 0 saturated carbocycles. The van der Waals surface area contributed by atoms with Gasteiger partial charge in [-0.2, -0.15) is 5.26 Å². The fourth-order valence-electron chi connectivity index (χ4n) is 3.50. The lowest BCUT2D eigenvalue weighted by atomic mass is 10.2. The average Bonchev–Trinajstić information content (AvgIpc) is 3.16. The van der Waals surface area contributed by atoms with Gasteiger partial charge in [0.15, 0.2) is 5.57 Å². The number of hydrogen-bond donors (Lipinski definition) is 0. The van der Waals surface area contributed by atoms with Crippen LogP contribution in [0.5, 0.6) is 5.75 Å². The van der Waals surface area contributed by atoms with Crippen molar-refractivity contribution in [1.82, 2.24) is 9.47 Å². The Hall–Kier alpha value is -3.67. The largest absolute Gasteiger partial charge is 0.496 e. The van der Waals surface area contributed by atoms with Crippen LogP contribution < -0.4 is 19.5 Å². The number of thiazole rings is 1. The summed E-state index contributed by atoms with van der Waals surface area (Å²) in [5.74, 6) is 0.229. The van der Waals surface area contributed by atoms with Gasteiger partial charge >= 0.3 is 0 Å². The third kappa shape index (κ3) is 4.21. The van der Waals surface area contributed by atoms with Crippen LogP contribution in [-0.4, -0.2) is 48.8 Å². The molecule has 0 unspecified atom stereocenters. The molecule has 0 N–H and O–H groups in total. The predicted octanol–water partition coefficient (Wildman–Crippen LogP) is 1.27. The highest BCUT2D eigenvalue weighted by Gasteiger charge is 2.24. The van der Waals surface area contributed by atoms with Crippen LogP contribution in [0.3, 0.4) is 0 Å². The standard InChI is InChI=1S/C24H21N3O4S/c1-30-20-10-6-5-7-17(20)15-21-23(29)27(18-8-3-2-4-9-18)24(32-21)19(16-25)22(28)26-11-13-31-14-12-26/h2-10,15H,11-14H2,1H3/b21-15+,24-19+. The van der Waals surface area contributed by atoms with Gasteiger partial charge < -0.3 is 14.4 Å². The molecular weight excluding hydrogens is 426 g/mol. The Morgan fingerprint density at radius 1 is 1.12 bits per heavy atom. The zero-order chi connectivity index (χ0) is 22.5. The van der Waals surface area contributed by atoms with Crippen LogP contribution in [0.1, 0.15) is 5.56 Å². The Kier molecular flexibility index (Phi) is 6.50. The molecule has 0 radical (unpaired) electrons. The van der Waals surface area contributed by atoms with E-state index in [4.69, 9.17) is 9.47 Å². The molecule has 1 aromatic heterocycles. The third-order valence-electron chi connectivity index (χ3n) is 5.10. The number of benzene rings is 2. The number of carbonyl (C=O) groups excluding carboxylic acids is 1. The topological polar surface area (TPSA) is 84.6 Å². The number of morpholine rings is 1. The van der Waals surface area contributed by atoms with Crippen LogP contribution in [0.2, 0.25) is 0 Å². The molecule has 1 fully saturated rings. The first-order valence-electron chi connectivity index (χ1n) is 10.1. The normalized spacial score (nSPS) is 15.2. The predicted molar refractivity (Wildman–Crippen MR) is 122 cm³/mol. The molecule has 2 heterocycles. The Morgan fingerprint density at radius 2 is 1.81 bits per heavy atom. The lowest BCUT2D eigenvalue weighted by molar-refractivity contribution is -0.128. The Morgan fingerprint density at radius 3 is 2.50 bits per heavy atom. The highest BCUT2D eigenvalue weighted by molar-refractivity contribution is 7.07. The molecular formula is C24H21N3O4S. The van der Waals surface area contributed by atoms with E-state index in [0.29, 0.717) is 46.9 Å². The second-order valence-electron chi connectivity index (χ2n) is 7.03. The van der Waals surface area contributed by atoms with Crippen LogP contribution in [0.25, 0.3) is 17.3 Å². The van der Waals surface area contributed by atoms with Crippen LogP contribution in [0.4, 0.5) is 0 Å². The summed E-state index contributed by atoms with van der Waals surface area (Å²) in [5, 5.41) is 9.92. The number of carbonyl (C=O) groups is 1. The minimum Gasteiger partial charge on any atom is -0.496 e. The van der Waals surface area contributed by atoms with Crippen molar-refractivity contribution in [1.29, 1.82) is 5.26 Å². The van der Waals surface area contributed by atoms with Crippen molar-refractivity contribution in [2.75, 3.05) is 33.4 Å². The third-order valence-corrected chi connectivity index (χ3v) is 6.19. The van der Waals surface area contributed by atoms with Gasteiger partial charge in [-0.15, -0.1) is 11.3 Å². The molecule has 7 nitrogen and oxygen atoms in total. The number of amides is 1. The first kappa shape index (κ1) is 21.6. The van der Waals surface area contributed by atoms with E-state index in [-0.39, 0.29) is 11.1 Å². The SMILES string of the molecule is COc1ccccc1/C=c1/s/c(=C(\C#N)C(=O)N2CCOCC2)n(-c2ccccc2)c1=O. The van der Waals surface area contributed by atoms with Gasteiger partial charge in [-0.1, -0.05) is 36.4 Å². The molecule has 3 aromatic rings. The van der Waals surface area contributed by atoms with E-state index in [2.05, 4.69) is 0 Å². The number of ether oxygens (including phenoxy) is 2. The molecule has 32 heavy (non-hydrogen) atoms. The summed E-state index contributed by atoms with van der Waals surface area (Å²) in [4.78, 5) is 28.2. The van der Waals surface area contributed by atoms with Crippen LogP contribution >= 0.6 is 11.3 Å².